The van der Waals surface area contributed by atoms with Crippen LogP contribution in [0.2, 0.25) is 0 Å². The van der Waals surface area contributed by atoms with Gasteiger partial charge < -0.3 is 14.9 Å². The second-order valence-electron chi connectivity index (χ2n) is 11.2. The molecule has 3 nitrogen and oxygen atoms in total. The van der Waals surface area contributed by atoms with Gasteiger partial charge in [0.25, 0.3) is 0 Å². The molecule has 0 aliphatic carbocycles. The zero-order chi connectivity index (χ0) is 29.5. The maximum Gasteiger partial charge on any atom is 0.0541 e. The van der Waals surface area contributed by atoms with Crippen LogP contribution in [0.3, 0.4) is 0 Å². The fourth-order valence-corrected chi connectivity index (χ4v) is 6.52. The lowest BCUT2D eigenvalue weighted by Crippen LogP contribution is -1.99. The molecular weight excluding hydrogens is 534 g/mol. The van der Waals surface area contributed by atoms with Gasteiger partial charge in [-0.1, -0.05) is 109 Å². The predicted octanol–water partition coefficient (Wildman–Crippen LogP) is 9.98. The predicted molar refractivity (Wildman–Crippen MR) is 187 cm³/mol. The third kappa shape index (κ3) is 4.38. The molecular formula is C41H31N3. The summed E-state index contributed by atoms with van der Waals surface area (Å²) in [6.07, 6.45) is 7.06. The van der Waals surface area contributed by atoms with Crippen LogP contribution < -0.4 is 5.73 Å². The molecule has 0 aliphatic heterocycles. The lowest BCUT2D eigenvalue weighted by Gasteiger charge is -2.10. The highest BCUT2D eigenvalue weighted by Crippen LogP contribution is 2.33. The summed E-state index contributed by atoms with van der Waals surface area (Å²) in [5, 5.41) is 5.05. The minimum atomic E-state index is 0.739. The molecule has 44 heavy (non-hydrogen) atoms. The highest BCUT2D eigenvalue weighted by Gasteiger charge is 2.13. The molecule has 0 bridgehead atoms. The van der Waals surface area contributed by atoms with Gasteiger partial charge in [-0.25, -0.2) is 0 Å². The molecule has 2 aromatic heterocycles. The molecule has 2 N–H and O–H groups in total. The van der Waals surface area contributed by atoms with E-state index in [4.69, 9.17) is 5.73 Å². The van der Waals surface area contributed by atoms with Crippen molar-refractivity contribution in [2.45, 2.75) is 6.42 Å². The first-order valence-electron chi connectivity index (χ1n) is 15.0. The minimum Gasteiger partial charge on any atom is -0.398 e. The number of hydrogen-bond acceptors (Lipinski definition) is 1. The quantitative estimate of drug-likeness (QED) is 0.200. The molecule has 0 saturated carbocycles. The summed E-state index contributed by atoms with van der Waals surface area (Å²) in [5.74, 6) is 0. The normalized spacial score (nSPS) is 12.3. The van der Waals surface area contributed by atoms with Gasteiger partial charge in [0.05, 0.1) is 22.1 Å². The average Bonchev–Trinajstić information content (AvgIpc) is 3.60. The first-order chi connectivity index (χ1) is 21.8. The van der Waals surface area contributed by atoms with Crippen molar-refractivity contribution in [3.8, 4) is 11.4 Å². The highest BCUT2D eigenvalue weighted by molar-refractivity contribution is 6.10. The molecule has 0 unspecified atom stereocenters. The number of fused-ring (bicyclic) bond motifs is 6. The molecule has 0 spiro atoms. The van der Waals surface area contributed by atoms with Gasteiger partial charge in [0, 0.05) is 38.6 Å². The molecule has 8 rings (SSSR count). The van der Waals surface area contributed by atoms with Gasteiger partial charge in [0.2, 0.25) is 0 Å². The van der Waals surface area contributed by atoms with Gasteiger partial charge in [-0.05, 0) is 72.2 Å². The second kappa shape index (κ2) is 10.8. The smallest absolute Gasteiger partial charge is 0.0541 e. The van der Waals surface area contributed by atoms with E-state index in [0.717, 1.165) is 23.4 Å². The summed E-state index contributed by atoms with van der Waals surface area (Å²) in [6, 6.07) is 51.7. The topological polar surface area (TPSA) is 35.9 Å². The lowest BCUT2D eigenvalue weighted by atomic mass is 10.1. The van der Waals surface area contributed by atoms with E-state index in [1.165, 1.54) is 54.9 Å². The summed E-state index contributed by atoms with van der Waals surface area (Å²) in [7, 11) is 0. The van der Waals surface area contributed by atoms with Gasteiger partial charge in [-0.2, -0.15) is 0 Å². The molecule has 0 atom stereocenters. The summed E-state index contributed by atoms with van der Waals surface area (Å²) in [5.41, 5.74) is 16.7. The number of aromatic nitrogens is 2. The van der Waals surface area contributed by atoms with Crippen molar-refractivity contribution < 1.29 is 0 Å². The first kappa shape index (κ1) is 25.9. The summed E-state index contributed by atoms with van der Waals surface area (Å²) >= 11 is 0. The Hall–Kier alpha value is -5.80. The van der Waals surface area contributed by atoms with Crippen molar-refractivity contribution in [2.75, 3.05) is 0 Å². The Kier molecular flexibility index (Phi) is 6.35. The third-order valence-electron chi connectivity index (χ3n) is 8.53. The van der Waals surface area contributed by atoms with Gasteiger partial charge >= 0.3 is 0 Å². The Balaban J connectivity index is 1.07. The Morgan fingerprint density at radius 2 is 0.955 bits per heavy atom. The molecule has 3 heteroatoms. The number of nitrogens with zero attached hydrogens (tertiary/aromatic N) is 2. The first-order valence-corrected chi connectivity index (χ1v) is 15.0. The van der Waals surface area contributed by atoms with Gasteiger partial charge in [0.1, 0.15) is 0 Å². The maximum atomic E-state index is 6.61. The molecule has 210 valence electrons. The van der Waals surface area contributed by atoms with Crippen LogP contribution in [0, 0.1) is 0 Å². The number of benzene rings is 6. The van der Waals surface area contributed by atoms with E-state index in [2.05, 4.69) is 167 Å². The number of allylic oxidation sites excluding steroid dienone is 3. The largest absolute Gasteiger partial charge is 0.398 e. The minimum absolute atomic E-state index is 0.739. The van der Waals surface area contributed by atoms with E-state index >= 15 is 0 Å². The van der Waals surface area contributed by atoms with E-state index in [-0.39, 0.29) is 0 Å². The molecule has 2 heterocycles. The van der Waals surface area contributed by atoms with Crippen molar-refractivity contribution in [3.63, 3.8) is 0 Å². The Labute approximate surface area is 256 Å². The molecule has 0 radical (unpaired) electrons. The number of nitrogens with two attached hydrogens (primary N) is 1. The van der Waals surface area contributed by atoms with Crippen molar-refractivity contribution in [1.29, 1.82) is 0 Å². The lowest BCUT2D eigenvalue weighted by molar-refractivity contribution is 1.15. The van der Waals surface area contributed by atoms with Crippen molar-refractivity contribution in [3.05, 3.63) is 175 Å². The number of rotatable bonds is 6. The van der Waals surface area contributed by atoms with Crippen molar-refractivity contribution in [2.24, 2.45) is 5.73 Å². The Bertz CT molecular complexity index is 2270. The average molecular weight is 566 g/mol. The van der Waals surface area contributed by atoms with Gasteiger partial charge in [-0.3, -0.25) is 0 Å². The van der Waals surface area contributed by atoms with Gasteiger partial charge in [-0.15, -0.1) is 0 Å². The van der Waals surface area contributed by atoms with Crippen LogP contribution in [0.4, 0.5) is 0 Å². The molecule has 0 fully saturated rings. The third-order valence-corrected chi connectivity index (χ3v) is 8.53. The summed E-state index contributed by atoms with van der Waals surface area (Å²) in [4.78, 5) is 0. The monoisotopic (exact) mass is 565 g/mol. The highest BCUT2D eigenvalue weighted by atomic mass is 15.0. The maximum absolute atomic E-state index is 6.61. The van der Waals surface area contributed by atoms with E-state index in [1.54, 1.807) is 0 Å². The van der Waals surface area contributed by atoms with Crippen LogP contribution >= 0.6 is 0 Å². The number of hydrogen-bond donors (Lipinski definition) is 1. The zero-order valence-electron chi connectivity index (χ0n) is 24.3. The molecule has 6 aromatic carbocycles. The Morgan fingerprint density at radius 3 is 1.48 bits per heavy atom. The Morgan fingerprint density at radius 1 is 0.500 bits per heavy atom. The van der Waals surface area contributed by atoms with Crippen molar-refractivity contribution >= 4 is 49.3 Å². The summed E-state index contributed by atoms with van der Waals surface area (Å²) in [6.45, 7) is 0. The second-order valence-corrected chi connectivity index (χ2v) is 11.2. The van der Waals surface area contributed by atoms with E-state index in [9.17, 15) is 0 Å². The van der Waals surface area contributed by atoms with Crippen LogP contribution in [0.1, 0.15) is 11.1 Å². The molecule has 0 aliphatic rings. The zero-order valence-corrected chi connectivity index (χ0v) is 24.3. The summed E-state index contributed by atoms with van der Waals surface area (Å²) < 4.78 is 4.68. The van der Waals surface area contributed by atoms with E-state index in [1.807, 2.05) is 6.08 Å². The molecule has 0 saturated heterocycles. The fourth-order valence-electron chi connectivity index (χ4n) is 6.52. The van der Waals surface area contributed by atoms with Crippen LogP contribution in [-0.4, -0.2) is 9.13 Å². The van der Waals surface area contributed by atoms with Crippen LogP contribution in [0.5, 0.6) is 0 Å². The van der Waals surface area contributed by atoms with E-state index < -0.39 is 0 Å². The van der Waals surface area contributed by atoms with E-state index in [0.29, 0.717) is 0 Å². The molecule has 0 amide bonds. The van der Waals surface area contributed by atoms with Crippen LogP contribution in [-0.2, 0) is 6.42 Å². The van der Waals surface area contributed by atoms with Crippen LogP contribution in [0.25, 0.3) is 60.7 Å². The van der Waals surface area contributed by atoms with Crippen LogP contribution in [0.15, 0.2) is 164 Å². The fraction of sp³-hybridized carbons (Fsp3) is 0.0244. The SMILES string of the molecule is N/C(=C\C=C/Cc1cccc(-n2c3ccccc3c3ccccc32)c1)c1cccc(-n2c3ccccc3c3ccccc32)c1. The molecule has 8 aromatic rings. The van der Waals surface area contributed by atoms with Crippen molar-refractivity contribution in [1.82, 2.24) is 9.13 Å². The number of para-hydroxylation sites is 4. The standard InChI is InChI=1S/C41H31N3/c42-37(30-15-12-17-32(28-30)44-40-25-9-4-20-35(40)36-21-5-10-26-41(36)44)22-6-1-13-29-14-11-16-31(27-29)43-38-23-7-2-18-33(38)34-19-3-8-24-39(34)43/h1-12,14-28H,13,42H2/b6-1-,37-22-. The van der Waals surface area contributed by atoms with Gasteiger partial charge in [0.15, 0.2) is 0 Å².